The molecule has 0 aliphatic heterocycles. The average Bonchev–Trinajstić information content (AvgIpc) is 2.84. The van der Waals surface area contributed by atoms with Crippen molar-refractivity contribution < 1.29 is 4.79 Å². The van der Waals surface area contributed by atoms with Gasteiger partial charge in [-0.3, -0.25) is 4.79 Å². The number of hydrogen-bond acceptors (Lipinski definition) is 3. The summed E-state index contributed by atoms with van der Waals surface area (Å²) in [5.74, 6) is -0.209. The summed E-state index contributed by atoms with van der Waals surface area (Å²) >= 11 is 4.85. The van der Waals surface area contributed by atoms with E-state index in [4.69, 9.17) is 5.73 Å². The van der Waals surface area contributed by atoms with E-state index < -0.39 is 6.04 Å². The van der Waals surface area contributed by atoms with Crippen molar-refractivity contribution in [1.82, 2.24) is 0 Å². The highest BCUT2D eigenvalue weighted by Crippen LogP contribution is 2.23. The second kappa shape index (κ2) is 5.44. The molecule has 2 aromatic rings. The molecular weight excluding hydrogens is 300 g/mol. The predicted molar refractivity (Wildman–Crippen MR) is 74.0 cm³/mol. The maximum atomic E-state index is 11.9. The zero-order valence-corrected chi connectivity index (χ0v) is 11.3. The average molecular weight is 311 g/mol. The number of halogens is 1. The summed E-state index contributed by atoms with van der Waals surface area (Å²) in [6.45, 7) is 0. The Hall–Kier alpha value is -1.17. The van der Waals surface area contributed by atoms with E-state index in [0.29, 0.717) is 0 Å². The topological polar surface area (TPSA) is 55.1 Å². The van der Waals surface area contributed by atoms with Gasteiger partial charge < -0.3 is 11.1 Å². The minimum Gasteiger partial charge on any atom is -0.323 e. The molecule has 0 saturated carbocycles. The maximum absolute atomic E-state index is 11.9. The molecule has 2 rings (SSSR count). The molecule has 1 amide bonds. The van der Waals surface area contributed by atoms with E-state index in [1.807, 2.05) is 41.8 Å². The molecule has 5 heteroatoms. The Morgan fingerprint density at radius 2 is 2.06 bits per heavy atom. The lowest BCUT2D eigenvalue weighted by Crippen LogP contribution is -2.27. The SMILES string of the molecule is NC(C(=O)Nc1ccccc1Br)c1cccs1. The van der Waals surface area contributed by atoms with Gasteiger partial charge in [0.1, 0.15) is 6.04 Å². The number of nitrogens with two attached hydrogens (primary N) is 1. The van der Waals surface area contributed by atoms with Gasteiger partial charge in [0.05, 0.1) is 5.69 Å². The molecule has 0 radical (unpaired) electrons. The van der Waals surface area contributed by atoms with Gasteiger partial charge in [0, 0.05) is 9.35 Å². The van der Waals surface area contributed by atoms with Crippen LogP contribution in [0.4, 0.5) is 5.69 Å². The van der Waals surface area contributed by atoms with E-state index in [1.54, 1.807) is 0 Å². The number of nitrogens with one attached hydrogen (secondary N) is 1. The number of thiophene rings is 1. The van der Waals surface area contributed by atoms with Gasteiger partial charge in [-0.05, 0) is 39.5 Å². The van der Waals surface area contributed by atoms with Gasteiger partial charge in [-0.15, -0.1) is 11.3 Å². The third kappa shape index (κ3) is 2.94. The Morgan fingerprint density at radius 3 is 2.71 bits per heavy atom. The van der Waals surface area contributed by atoms with Crippen molar-refractivity contribution in [2.45, 2.75) is 6.04 Å². The summed E-state index contributed by atoms with van der Waals surface area (Å²) in [5, 5.41) is 4.70. The molecule has 1 aromatic carbocycles. The number of carbonyl (C=O) groups excluding carboxylic acids is 1. The Labute approximate surface area is 112 Å². The smallest absolute Gasteiger partial charge is 0.246 e. The van der Waals surface area contributed by atoms with E-state index in [2.05, 4.69) is 21.2 Å². The van der Waals surface area contributed by atoms with Gasteiger partial charge in [0.25, 0.3) is 0 Å². The first kappa shape index (κ1) is 12.3. The highest BCUT2D eigenvalue weighted by Gasteiger charge is 2.17. The highest BCUT2D eigenvalue weighted by molar-refractivity contribution is 9.10. The van der Waals surface area contributed by atoms with Crippen LogP contribution in [0.1, 0.15) is 10.9 Å². The van der Waals surface area contributed by atoms with Crippen molar-refractivity contribution in [2.75, 3.05) is 5.32 Å². The summed E-state index contributed by atoms with van der Waals surface area (Å²) < 4.78 is 0.840. The fraction of sp³-hybridized carbons (Fsp3) is 0.0833. The molecule has 0 spiro atoms. The Kier molecular flexibility index (Phi) is 3.93. The second-order valence-electron chi connectivity index (χ2n) is 3.46. The van der Waals surface area contributed by atoms with Crippen LogP contribution >= 0.6 is 27.3 Å². The van der Waals surface area contributed by atoms with Crippen LogP contribution < -0.4 is 11.1 Å². The molecule has 1 unspecified atom stereocenters. The number of hydrogen-bond donors (Lipinski definition) is 2. The van der Waals surface area contributed by atoms with Gasteiger partial charge in [-0.25, -0.2) is 0 Å². The van der Waals surface area contributed by atoms with Gasteiger partial charge in [-0.2, -0.15) is 0 Å². The molecule has 0 fully saturated rings. The quantitative estimate of drug-likeness (QED) is 0.915. The van der Waals surface area contributed by atoms with E-state index in [9.17, 15) is 4.79 Å². The molecule has 3 N–H and O–H groups in total. The number of benzene rings is 1. The summed E-state index contributed by atoms with van der Waals surface area (Å²) in [6, 6.07) is 10.5. The summed E-state index contributed by atoms with van der Waals surface area (Å²) in [6.07, 6.45) is 0. The number of para-hydroxylation sites is 1. The lowest BCUT2D eigenvalue weighted by Gasteiger charge is -2.11. The molecule has 0 saturated heterocycles. The van der Waals surface area contributed by atoms with Crippen LogP contribution in [0, 0.1) is 0 Å². The standard InChI is InChI=1S/C12H11BrN2OS/c13-8-4-1-2-5-9(8)15-12(16)11(14)10-6-3-7-17-10/h1-7,11H,14H2,(H,15,16). The first-order valence-electron chi connectivity index (χ1n) is 5.03. The fourth-order valence-electron chi connectivity index (χ4n) is 1.37. The largest absolute Gasteiger partial charge is 0.323 e. The van der Waals surface area contributed by atoms with Crippen molar-refractivity contribution in [3.8, 4) is 0 Å². The van der Waals surface area contributed by atoms with Crippen LogP contribution in [0.5, 0.6) is 0 Å². The summed E-state index contributed by atoms with van der Waals surface area (Å²) in [4.78, 5) is 12.8. The minimum absolute atomic E-state index is 0.209. The van der Waals surface area contributed by atoms with Crippen LogP contribution in [-0.4, -0.2) is 5.91 Å². The van der Waals surface area contributed by atoms with Gasteiger partial charge >= 0.3 is 0 Å². The molecule has 0 aliphatic carbocycles. The lowest BCUT2D eigenvalue weighted by atomic mass is 10.2. The van der Waals surface area contributed by atoms with Crippen molar-refractivity contribution in [1.29, 1.82) is 0 Å². The summed E-state index contributed by atoms with van der Waals surface area (Å²) in [7, 11) is 0. The lowest BCUT2D eigenvalue weighted by molar-refractivity contribution is -0.117. The Balaban J connectivity index is 2.10. The van der Waals surface area contributed by atoms with Crippen LogP contribution in [0.15, 0.2) is 46.3 Å². The highest BCUT2D eigenvalue weighted by atomic mass is 79.9. The van der Waals surface area contributed by atoms with Gasteiger partial charge in [0.2, 0.25) is 5.91 Å². The molecule has 3 nitrogen and oxygen atoms in total. The predicted octanol–water partition coefficient (Wildman–Crippen LogP) is 3.15. The minimum atomic E-state index is -0.623. The summed E-state index contributed by atoms with van der Waals surface area (Å²) in [5.41, 5.74) is 6.59. The van der Waals surface area contributed by atoms with E-state index >= 15 is 0 Å². The fourth-order valence-corrected chi connectivity index (χ4v) is 2.48. The molecule has 1 heterocycles. The number of anilines is 1. The molecule has 0 bridgehead atoms. The molecule has 1 atom stereocenters. The number of carbonyl (C=O) groups is 1. The van der Waals surface area contributed by atoms with Crippen LogP contribution in [0.25, 0.3) is 0 Å². The first-order valence-corrected chi connectivity index (χ1v) is 6.70. The van der Waals surface area contributed by atoms with Gasteiger partial charge in [0.15, 0.2) is 0 Å². The molecule has 88 valence electrons. The Morgan fingerprint density at radius 1 is 1.29 bits per heavy atom. The zero-order chi connectivity index (χ0) is 12.3. The van der Waals surface area contributed by atoms with Crippen LogP contribution in [-0.2, 0) is 4.79 Å². The normalized spacial score (nSPS) is 12.1. The third-order valence-electron chi connectivity index (χ3n) is 2.26. The monoisotopic (exact) mass is 310 g/mol. The van der Waals surface area contributed by atoms with Crippen molar-refractivity contribution in [2.24, 2.45) is 5.73 Å². The van der Waals surface area contributed by atoms with E-state index in [-0.39, 0.29) is 5.91 Å². The van der Waals surface area contributed by atoms with E-state index in [1.165, 1.54) is 11.3 Å². The number of rotatable bonds is 3. The maximum Gasteiger partial charge on any atom is 0.246 e. The molecule has 1 aromatic heterocycles. The van der Waals surface area contributed by atoms with E-state index in [0.717, 1.165) is 15.0 Å². The molecule has 17 heavy (non-hydrogen) atoms. The van der Waals surface area contributed by atoms with Crippen LogP contribution in [0.3, 0.4) is 0 Å². The molecular formula is C12H11BrN2OS. The molecule has 0 aliphatic rings. The third-order valence-corrected chi connectivity index (χ3v) is 3.91. The Bertz CT molecular complexity index is 513. The number of amides is 1. The van der Waals surface area contributed by atoms with Crippen molar-refractivity contribution in [3.05, 3.63) is 51.1 Å². The second-order valence-corrected chi connectivity index (χ2v) is 5.30. The van der Waals surface area contributed by atoms with Crippen molar-refractivity contribution in [3.63, 3.8) is 0 Å². The van der Waals surface area contributed by atoms with Gasteiger partial charge in [-0.1, -0.05) is 18.2 Å². The van der Waals surface area contributed by atoms with Crippen LogP contribution in [0.2, 0.25) is 0 Å². The first-order chi connectivity index (χ1) is 8.18. The zero-order valence-electron chi connectivity index (χ0n) is 8.89. The van der Waals surface area contributed by atoms with Crippen molar-refractivity contribution >= 4 is 38.9 Å².